The van der Waals surface area contributed by atoms with E-state index in [0.29, 0.717) is 23.6 Å². The molecule has 20 heavy (non-hydrogen) atoms. The Kier molecular flexibility index (Phi) is 4.22. The van der Waals surface area contributed by atoms with Crippen LogP contribution in [0.3, 0.4) is 0 Å². The van der Waals surface area contributed by atoms with Gasteiger partial charge in [-0.2, -0.15) is 0 Å². The van der Waals surface area contributed by atoms with E-state index in [0.717, 1.165) is 0 Å². The van der Waals surface area contributed by atoms with Crippen LogP contribution in [-0.2, 0) is 4.79 Å². The van der Waals surface area contributed by atoms with Crippen molar-refractivity contribution >= 4 is 35.0 Å². The monoisotopic (exact) mass is 316 g/mol. The fraction of sp³-hybridized carbons (Fsp3) is 0.385. The zero-order chi connectivity index (χ0) is 14.9. The molecule has 3 N–H and O–H groups in total. The van der Waals surface area contributed by atoms with E-state index < -0.39 is 11.5 Å². The molecule has 2 amide bonds. The van der Waals surface area contributed by atoms with Crippen molar-refractivity contribution in [3.63, 3.8) is 0 Å². The lowest BCUT2D eigenvalue weighted by Crippen LogP contribution is -2.57. The molecule has 0 spiro atoms. The smallest absolute Gasteiger partial charge is 0.254 e. The van der Waals surface area contributed by atoms with E-state index in [9.17, 15) is 14.7 Å². The average molecular weight is 317 g/mol. The van der Waals surface area contributed by atoms with Crippen LogP contribution in [0, 0.1) is 0 Å². The molecule has 5 nitrogen and oxygen atoms in total. The van der Waals surface area contributed by atoms with E-state index in [2.05, 4.69) is 0 Å². The standard InChI is InChI=1S/C13H14Cl2N2O3/c14-9-3-2-8(6-10(9)15)11(18)17-5-1-4-13(20,7-17)12(16)19/h2-3,6,20H,1,4-5,7H2,(H2,16,19). The molecule has 0 aliphatic carbocycles. The first-order valence-corrected chi connectivity index (χ1v) is 6.86. The minimum atomic E-state index is -1.66. The van der Waals surface area contributed by atoms with Gasteiger partial charge in [-0.05, 0) is 31.0 Å². The van der Waals surface area contributed by atoms with Crippen molar-refractivity contribution < 1.29 is 14.7 Å². The number of carbonyl (C=O) groups excluding carboxylic acids is 2. The Morgan fingerprint density at radius 2 is 2.00 bits per heavy atom. The normalized spacial score (nSPS) is 22.6. The quantitative estimate of drug-likeness (QED) is 0.866. The fourth-order valence-corrected chi connectivity index (χ4v) is 2.52. The highest BCUT2D eigenvalue weighted by molar-refractivity contribution is 6.42. The summed E-state index contributed by atoms with van der Waals surface area (Å²) in [7, 11) is 0. The molecule has 1 aliphatic heterocycles. The van der Waals surface area contributed by atoms with Crippen LogP contribution in [0.5, 0.6) is 0 Å². The van der Waals surface area contributed by atoms with Gasteiger partial charge in [0.25, 0.3) is 11.8 Å². The van der Waals surface area contributed by atoms with E-state index >= 15 is 0 Å². The van der Waals surface area contributed by atoms with Gasteiger partial charge in [0.15, 0.2) is 5.60 Å². The molecule has 1 saturated heterocycles. The number of amides is 2. The second kappa shape index (κ2) is 5.60. The summed E-state index contributed by atoms with van der Waals surface area (Å²) in [6, 6.07) is 4.54. The Labute approximate surface area is 126 Å². The van der Waals surface area contributed by atoms with E-state index in [1.165, 1.54) is 17.0 Å². The molecule has 1 fully saturated rings. The number of hydrogen-bond donors (Lipinski definition) is 2. The number of rotatable bonds is 2. The van der Waals surface area contributed by atoms with Gasteiger partial charge in [0.1, 0.15) is 0 Å². The molecule has 2 rings (SSSR count). The van der Waals surface area contributed by atoms with Gasteiger partial charge < -0.3 is 15.7 Å². The molecule has 7 heteroatoms. The third-order valence-electron chi connectivity index (χ3n) is 3.38. The summed E-state index contributed by atoms with van der Waals surface area (Å²) in [6.45, 7) is 0.343. The summed E-state index contributed by atoms with van der Waals surface area (Å²) in [6.07, 6.45) is 0.764. The molecule has 0 aromatic heterocycles. The third-order valence-corrected chi connectivity index (χ3v) is 4.12. The van der Waals surface area contributed by atoms with Crippen molar-refractivity contribution in [2.24, 2.45) is 5.73 Å². The number of piperidine rings is 1. The number of nitrogens with zero attached hydrogens (tertiary/aromatic N) is 1. The maximum atomic E-state index is 12.3. The number of halogens is 2. The summed E-state index contributed by atoms with van der Waals surface area (Å²) >= 11 is 11.7. The lowest BCUT2D eigenvalue weighted by molar-refractivity contribution is -0.140. The van der Waals surface area contributed by atoms with Crippen LogP contribution >= 0.6 is 23.2 Å². The zero-order valence-corrected chi connectivity index (χ0v) is 12.1. The molecular weight excluding hydrogens is 303 g/mol. The minimum absolute atomic E-state index is 0.110. The van der Waals surface area contributed by atoms with Gasteiger partial charge in [0, 0.05) is 12.1 Å². The molecule has 1 aliphatic rings. The highest BCUT2D eigenvalue weighted by Gasteiger charge is 2.40. The number of nitrogens with two attached hydrogens (primary N) is 1. The molecule has 0 bridgehead atoms. The predicted molar refractivity (Wildman–Crippen MR) is 75.7 cm³/mol. The number of carbonyl (C=O) groups is 2. The summed E-state index contributed by atoms with van der Waals surface area (Å²) in [5.74, 6) is -1.13. The molecule has 1 atom stereocenters. The highest BCUT2D eigenvalue weighted by Crippen LogP contribution is 2.26. The SMILES string of the molecule is NC(=O)C1(O)CCCN(C(=O)c2ccc(Cl)c(Cl)c2)C1. The maximum Gasteiger partial charge on any atom is 0.254 e. The van der Waals surface area contributed by atoms with Crippen molar-refractivity contribution in [3.8, 4) is 0 Å². The van der Waals surface area contributed by atoms with Crippen LogP contribution in [-0.4, -0.2) is 40.5 Å². The number of likely N-dealkylation sites (tertiary alicyclic amines) is 1. The van der Waals surface area contributed by atoms with Crippen LogP contribution in [0.4, 0.5) is 0 Å². The van der Waals surface area contributed by atoms with Gasteiger partial charge >= 0.3 is 0 Å². The van der Waals surface area contributed by atoms with Crippen molar-refractivity contribution in [3.05, 3.63) is 33.8 Å². The van der Waals surface area contributed by atoms with Crippen LogP contribution in [0.15, 0.2) is 18.2 Å². The maximum absolute atomic E-state index is 12.3. The Balaban J connectivity index is 2.20. The molecule has 1 aromatic carbocycles. The van der Waals surface area contributed by atoms with Crippen molar-refractivity contribution in [2.45, 2.75) is 18.4 Å². The van der Waals surface area contributed by atoms with Crippen molar-refractivity contribution in [1.29, 1.82) is 0 Å². The zero-order valence-electron chi connectivity index (χ0n) is 10.6. The van der Waals surface area contributed by atoms with Crippen LogP contribution < -0.4 is 5.73 Å². The first-order chi connectivity index (χ1) is 9.33. The molecule has 0 saturated carbocycles. The van der Waals surface area contributed by atoms with Gasteiger partial charge in [-0.3, -0.25) is 9.59 Å². The third kappa shape index (κ3) is 2.90. The van der Waals surface area contributed by atoms with Gasteiger partial charge in [-0.1, -0.05) is 23.2 Å². The van der Waals surface area contributed by atoms with E-state index in [-0.39, 0.29) is 23.9 Å². The Bertz CT molecular complexity index is 565. The van der Waals surface area contributed by atoms with Crippen LogP contribution in [0.1, 0.15) is 23.2 Å². The summed E-state index contributed by atoms with van der Waals surface area (Å²) in [4.78, 5) is 25.0. The van der Waals surface area contributed by atoms with Crippen LogP contribution in [0.2, 0.25) is 10.0 Å². The largest absolute Gasteiger partial charge is 0.378 e. The molecule has 1 heterocycles. The minimum Gasteiger partial charge on any atom is -0.378 e. The number of benzene rings is 1. The first kappa shape index (κ1) is 15.1. The second-order valence-electron chi connectivity index (χ2n) is 4.85. The Hall–Kier alpha value is -1.30. The van der Waals surface area contributed by atoms with E-state index in [1.807, 2.05) is 0 Å². The first-order valence-electron chi connectivity index (χ1n) is 6.10. The lowest BCUT2D eigenvalue weighted by atomic mass is 9.92. The summed E-state index contributed by atoms with van der Waals surface area (Å²) in [5, 5.41) is 10.7. The lowest BCUT2D eigenvalue weighted by Gasteiger charge is -2.37. The second-order valence-corrected chi connectivity index (χ2v) is 5.67. The Morgan fingerprint density at radius 1 is 1.30 bits per heavy atom. The van der Waals surface area contributed by atoms with Crippen LogP contribution in [0.25, 0.3) is 0 Å². The predicted octanol–water partition coefficient (Wildman–Crippen LogP) is 1.45. The summed E-state index contributed by atoms with van der Waals surface area (Å²) in [5.41, 5.74) is 3.87. The van der Waals surface area contributed by atoms with Gasteiger partial charge in [0.2, 0.25) is 0 Å². The van der Waals surface area contributed by atoms with Crippen molar-refractivity contribution in [2.75, 3.05) is 13.1 Å². The number of primary amides is 1. The van der Waals surface area contributed by atoms with Gasteiger partial charge in [-0.25, -0.2) is 0 Å². The molecule has 108 valence electrons. The highest BCUT2D eigenvalue weighted by atomic mass is 35.5. The molecular formula is C13H14Cl2N2O3. The number of β-amino-alcohol motifs (C(OH)–C–C–N with tert-alkyl or cyclic N) is 1. The van der Waals surface area contributed by atoms with Gasteiger partial charge in [-0.15, -0.1) is 0 Å². The van der Waals surface area contributed by atoms with E-state index in [1.54, 1.807) is 6.07 Å². The fourth-order valence-electron chi connectivity index (χ4n) is 2.22. The molecule has 1 unspecified atom stereocenters. The number of hydrogen-bond acceptors (Lipinski definition) is 3. The van der Waals surface area contributed by atoms with Crippen molar-refractivity contribution in [1.82, 2.24) is 4.90 Å². The molecule has 0 radical (unpaired) electrons. The summed E-state index contributed by atoms with van der Waals surface area (Å²) < 4.78 is 0. The molecule has 1 aromatic rings. The van der Waals surface area contributed by atoms with Gasteiger partial charge in [0.05, 0.1) is 16.6 Å². The topological polar surface area (TPSA) is 83.6 Å². The number of aliphatic hydroxyl groups is 1. The Morgan fingerprint density at radius 3 is 2.60 bits per heavy atom. The van der Waals surface area contributed by atoms with E-state index in [4.69, 9.17) is 28.9 Å². The average Bonchev–Trinajstić information content (AvgIpc) is 2.41.